The van der Waals surface area contributed by atoms with Crippen molar-refractivity contribution in [3.63, 3.8) is 0 Å². The number of aryl methyl sites for hydroxylation is 2. The van der Waals surface area contributed by atoms with E-state index < -0.39 is 0 Å². The van der Waals surface area contributed by atoms with Gasteiger partial charge in [-0.1, -0.05) is 108 Å². The number of nitrogens with zero attached hydrogens (tertiary/aromatic N) is 1. The number of hydrogen-bond donors (Lipinski definition) is 0. The van der Waals surface area contributed by atoms with Crippen molar-refractivity contribution < 1.29 is 9.59 Å². The van der Waals surface area contributed by atoms with Crippen molar-refractivity contribution in [2.45, 2.75) is 74.1 Å². The summed E-state index contributed by atoms with van der Waals surface area (Å²) in [6.07, 6.45) is 6.61. The Hall–Kier alpha value is -4.06. The minimum absolute atomic E-state index is 0. The molecule has 2 aromatic carbocycles. The van der Waals surface area contributed by atoms with Crippen LogP contribution in [0.4, 0.5) is 0 Å². The highest BCUT2D eigenvalue weighted by Gasteiger charge is 2.19. The van der Waals surface area contributed by atoms with E-state index >= 15 is 0 Å². The lowest BCUT2D eigenvalue weighted by molar-refractivity contribution is -0.110. The second-order valence-corrected chi connectivity index (χ2v) is 13.5. The van der Waals surface area contributed by atoms with E-state index in [1.165, 1.54) is 37.6 Å². The highest BCUT2D eigenvalue weighted by atomic mass is 32.1. The van der Waals surface area contributed by atoms with Crippen molar-refractivity contribution in [3.05, 3.63) is 130 Å². The summed E-state index contributed by atoms with van der Waals surface area (Å²) in [6, 6.07) is 21.6. The molecule has 0 spiro atoms. The van der Waals surface area contributed by atoms with Gasteiger partial charge in [-0.3, -0.25) is 4.79 Å². The predicted octanol–water partition coefficient (Wildman–Crippen LogP) is 12.7. The number of rotatable bonds is 14. The van der Waals surface area contributed by atoms with Gasteiger partial charge < -0.3 is 9.69 Å². The van der Waals surface area contributed by atoms with Gasteiger partial charge in [-0.25, -0.2) is 0 Å². The lowest BCUT2D eigenvalue weighted by atomic mass is 9.96. The molecule has 5 heteroatoms. The molecule has 0 saturated carbocycles. The van der Waals surface area contributed by atoms with Crippen LogP contribution < -0.4 is 0 Å². The molecule has 0 aliphatic carbocycles. The molecule has 0 bridgehead atoms. The maximum absolute atomic E-state index is 13.3. The second-order valence-electron chi connectivity index (χ2n) is 11.6. The molecular formula is C43H55NO2S2. The van der Waals surface area contributed by atoms with Gasteiger partial charge in [0, 0.05) is 34.3 Å². The van der Waals surface area contributed by atoms with Gasteiger partial charge in [0.15, 0.2) is 5.78 Å². The first kappa shape index (κ1) is 42.0. The maximum atomic E-state index is 13.3. The fourth-order valence-electron chi connectivity index (χ4n) is 5.26. The number of allylic oxidation sites excluding steroid dienone is 4. The Kier molecular flexibility index (Phi) is 18.4. The molecule has 0 amide bonds. The minimum atomic E-state index is -0.0388. The van der Waals surface area contributed by atoms with E-state index in [0.717, 1.165) is 47.3 Å². The van der Waals surface area contributed by atoms with E-state index in [-0.39, 0.29) is 13.2 Å². The minimum Gasteiger partial charge on any atom is -0.384 e. The molecule has 2 heterocycles. The van der Waals surface area contributed by atoms with Crippen LogP contribution in [0.3, 0.4) is 0 Å². The topological polar surface area (TPSA) is 37.4 Å². The van der Waals surface area contributed by atoms with Gasteiger partial charge in [0.1, 0.15) is 6.79 Å². The van der Waals surface area contributed by atoms with Crippen LogP contribution in [-0.4, -0.2) is 31.6 Å². The largest absolute Gasteiger partial charge is 0.384 e. The molecular weight excluding hydrogens is 627 g/mol. The summed E-state index contributed by atoms with van der Waals surface area (Å²) < 4.78 is 0. The highest BCUT2D eigenvalue weighted by molar-refractivity contribution is 7.22. The number of carbonyl (C=O) groups is 2. The zero-order chi connectivity index (χ0) is 35.1. The van der Waals surface area contributed by atoms with Crippen LogP contribution in [0.25, 0.3) is 32.0 Å². The Bertz CT molecular complexity index is 1700. The van der Waals surface area contributed by atoms with Crippen LogP contribution in [0.15, 0.2) is 103 Å². The summed E-state index contributed by atoms with van der Waals surface area (Å²) in [6.45, 7) is 25.1. The zero-order valence-corrected chi connectivity index (χ0v) is 31.0. The molecule has 2 aromatic heterocycles. The average Bonchev–Trinajstić information content (AvgIpc) is 3.71. The molecule has 256 valence electrons. The number of ketones is 1. The van der Waals surface area contributed by atoms with Crippen LogP contribution in [0.5, 0.6) is 0 Å². The Labute approximate surface area is 299 Å². The molecule has 0 unspecified atom stereocenters. The first-order chi connectivity index (χ1) is 22.5. The van der Waals surface area contributed by atoms with Crippen LogP contribution >= 0.6 is 22.7 Å². The molecule has 0 N–H and O–H groups in total. The normalized spacial score (nSPS) is 10.4. The van der Waals surface area contributed by atoms with Crippen molar-refractivity contribution in [1.82, 2.24) is 4.90 Å². The Morgan fingerprint density at radius 2 is 1.56 bits per heavy atom. The van der Waals surface area contributed by atoms with E-state index in [1.54, 1.807) is 22.7 Å². The van der Waals surface area contributed by atoms with E-state index in [0.29, 0.717) is 17.6 Å². The number of benzene rings is 2. The summed E-state index contributed by atoms with van der Waals surface area (Å²) in [4.78, 5) is 26.6. The Morgan fingerprint density at radius 1 is 0.875 bits per heavy atom. The third-order valence-electron chi connectivity index (χ3n) is 7.50. The quantitative estimate of drug-likeness (QED) is 0.124. The van der Waals surface area contributed by atoms with Crippen LogP contribution in [0.2, 0.25) is 0 Å². The summed E-state index contributed by atoms with van der Waals surface area (Å²) >= 11 is 3.38. The molecule has 4 rings (SSSR count). The monoisotopic (exact) mass is 681 g/mol. The third-order valence-corrected chi connectivity index (χ3v) is 9.90. The van der Waals surface area contributed by atoms with Crippen molar-refractivity contribution >= 4 is 46.4 Å². The standard InChI is InChI=1S/C39H43NOS2.C2H6.CH2O.CH4/c1-9-12-31(24-40(7)8)18-17-27(3)38(41)30(6)36-21-29(5)39(43-36)37-23-35(25-42-37)34-16-11-15-33(22-34)28(4)20-32-14-10-13-26(2)19-32;2*1-2;/h10-11,13-16,19,21-25H,3-4,6,9,12,17-18,20H2,1-2,5,7-8H3;1-2H3;1H2;1H4/b31-24+;;;. The van der Waals surface area contributed by atoms with Gasteiger partial charge in [-0.2, -0.15) is 0 Å². The van der Waals surface area contributed by atoms with Gasteiger partial charge in [0.25, 0.3) is 0 Å². The number of carbonyl (C=O) groups excluding carboxylic acids is 2. The first-order valence-corrected chi connectivity index (χ1v) is 17.8. The summed E-state index contributed by atoms with van der Waals surface area (Å²) in [5.41, 5.74) is 10.9. The lowest BCUT2D eigenvalue weighted by Crippen LogP contribution is -2.06. The van der Waals surface area contributed by atoms with E-state index in [9.17, 15) is 4.79 Å². The van der Waals surface area contributed by atoms with Crippen molar-refractivity contribution in [3.8, 4) is 20.9 Å². The van der Waals surface area contributed by atoms with Crippen LogP contribution in [-0.2, 0) is 16.0 Å². The fraction of sp³-hybridized carbons (Fsp3) is 0.302. The summed E-state index contributed by atoms with van der Waals surface area (Å²) in [5, 5.41) is 2.22. The maximum Gasteiger partial charge on any atom is 0.189 e. The molecule has 3 nitrogen and oxygen atoms in total. The Balaban J connectivity index is 0.00000222. The van der Waals surface area contributed by atoms with Crippen LogP contribution in [0, 0.1) is 13.8 Å². The molecule has 0 fully saturated rings. The summed E-state index contributed by atoms with van der Waals surface area (Å²) in [7, 11) is 4.07. The summed E-state index contributed by atoms with van der Waals surface area (Å²) in [5.74, 6) is -0.0388. The molecule has 0 atom stereocenters. The number of thiophene rings is 2. The van der Waals surface area contributed by atoms with Crippen LogP contribution in [0.1, 0.15) is 81.0 Å². The Morgan fingerprint density at radius 3 is 2.21 bits per heavy atom. The van der Waals surface area contributed by atoms with Crippen molar-refractivity contribution in [2.75, 3.05) is 14.1 Å². The molecule has 4 aromatic rings. The average molecular weight is 682 g/mol. The smallest absolute Gasteiger partial charge is 0.189 e. The van der Waals surface area contributed by atoms with E-state index in [1.807, 2.05) is 34.7 Å². The lowest BCUT2D eigenvalue weighted by Gasteiger charge is -2.12. The molecule has 0 aliphatic rings. The van der Waals surface area contributed by atoms with E-state index in [2.05, 4.69) is 118 Å². The van der Waals surface area contributed by atoms with Gasteiger partial charge >= 0.3 is 0 Å². The van der Waals surface area contributed by atoms with E-state index in [4.69, 9.17) is 4.79 Å². The van der Waals surface area contributed by atoms with Gasteiger partial charge in [0.05, 0.1) is 0 Å². The SMILES string of the molecule is C.C=C(CC/C(=C/N(C)C)CCC)C(=O)C(=C)c1cc(C)c(-c2cc(-c3cccc(C(=C)Cc4cccc(C)c4)c3)cs2)s1.C=O.CC. The molecule has 0 radical (unpaired) electrons. The van der Waals surface area contributed by atoms with Crippen molar-refractivity contribution in [2.24, 2.45) is 0 Å². The first-order valence-electron chi connectivity index (χ1n) is 16.2. The van der Waals surface area contributed by atoms with Gasteiger partial charge in [-0.15, -0.1) is 22.7 Å². The highest BCUT2D eigenvalue weighted by Crippen LogP contribution is 2.41. The second kappa shape index (κ2) is 21.0. The molecule has 48 heavy (non-hydrogen) atoms. The van der Waals surface area contributed by atoms with Gasteiger partial charge in [-0.05, 0) is 108 Å². The number of hydrogen-bond acceptors (Lipinski definition) is 5. The van der Waals surface area contributed by atoms with Crippen molar-refractivity contribution in [1.29, 1.82) is 0 Å². The zero-order valence-electron chi connectivity index (χ0n) is 29.4. The molecule has 0 saturated heterocycles. The number of Topliss-reactive ketones (excluding diaryl/α,β-unsaturated/α-hetero) is 1. The van der Waals surface area contributed by atoms with Gasteiger partial charge in [0.2, 0.25) is 0 Å². The third kappa shape index (κ3) is 11.9. The fourth-order valence-corrected chi connectivity index (χ4v) is 7.50. The predicted molar refractivity (Wildman–Crippen MR) is 216 cm³/mol. The molecule has 0 aliphatic heterocycles.